The van der Waals surface area contributed by atoms with Gasteiger partial charge in [-0.3, -0.25) is 4.79 Å². The molecular formula is C13H25NO. The highest BCUT2D eigenvalue weighted by atomic mass is 16.1. The lowest BCUT2D eigenvalue weighted by molar-refractivity contribution is -0.120. The molecule has 2 heteroatoms. The highest BCUT2D eigenvalue weighted by Crippen LogP contribution is 2.42. The highest BCUT2D eigenvalue weighted by Gasteiger charge is 2.34. The number of ketones is 1. The van der Waals surface area contributed by atoms with Gasteiger partial charge < -0.3 is 5.73 Å². The summed E-state index contributed by atoms with van der Waals surface area (Å²) in [7, 11) is 0. The third-order valence-corrected chi connectivity index (χ3v) is 3.97. The van der Waals surface area contributed by atoms with Crippen molar-refractivity contribution < 1.29 is 4.79 Å². The topological polar surface area (TPSA) is 43.1 Å². The molecule has 0 heterocycles. The van der Waals surface area contributed by atoms with E-state index in [2.05, 4.69) is 13.8 Å². The number of carbonyl (C=O) groups is 1. The quantitative estimate of drug-likeness (QED) is 0.760. The van der Waals surface area contributed by atoms with E-state index in [0.717, 1.165) is 12.3 Å². The Bertz CT molecular complexity index is 217. The second-order valence-electron chi connectivity index (χ2n) is 5.60. The maximum absolute atomic E-state index is 11.5. The number of hydrogen-bond acceptors (Lipinski definition) is 2. The van der Waals surface area contributed by atoms with E-state index < -0.39 is 0 Å². The van der Waals surface area contributed by atoms with Gasteiger partial charge in [-0.1, -0.05) is 33.6 Å². The van der Waals surface area contributed by atoms with Crippen LogP contribution in [0.5, 0.6) is 0 Å². The van der Waals surface area contributed by atoms with Gasteiger partial charge >= 0.3 is 0 Å². The second-order valence-corrected chi connectivity index (χ2v) is 5.60. The molecule has 0 spiro atoms. The molecule has 1 saturated carbocycles. The molecule has 0 bridgehead atoms. The van der Waals surface area contributed by atoms with Crippen LogP contribution in [0, 0.1) is 11.3 Å². The Morgan fingerprint density at radius 1 is 1.40 bits per heavy atom. The summed E-state index contributed by atoms with van der Waals surface area (Å²) in [6, 6.07) is -0.245. The Morgan fingerprint density at radius 3 is 2.40 bits per heavy atom. The standard InChI is InChI=1S/C13H25NO/c1-4-12(15)11(14)9-13(2,3)10-7-5-6-8-10/h10-11H,4-9,14H2,1-3H3. The zero-order valence-electron chi connectivity index (χ0n) is 10.4. The maximum Gasteiger partial charge on any atom is 0.149 e. The summed E-state index contributed by atoms with van der Waals surface area (Å²) >= 11 is 0. The Kier molecular flexibility index (Phi) is 4.32. The SMILES string of the molecule is CCC(=O)C(N)CC(C)(C)C1CCCC1. The Morgan fingerprint density at radius 2 is 1.93 bits per heavy atom. The van der Waals surface area contributed by atoms with Gasteiger partial charge in [0.05, 0.1) is 6.04 Å². The molecule has 0 radical (unpaired) electrons. The third-order valence-electron chi connectivity index (χ3n) is 3.97. The minimum Gasteiger partial charge on any atom is -0.321 e. The van der Waals surface area contributed by atoms with Gasteiger partial charge in [0.25, 0.3) is 0 Å². The number of nitrogens with two attached hydrogens (primary N) is 1. The summed E-state index contributed by atoms with van der Waals surface area (Å²) in [5.41, 5.74) is 6.17. The van der Waals surface area contributed by atoms with Gasteiger partial charge in [0.2, 0.25) is 0 Å². The van der Waals surface area contributed by atoms with Gasteiger partial charge in [0.15, 0.2) is 0 Å². The number of carbonyl (C=O) groups excluding carboxylic acids is 1. The zero-order chi connectivity index (χ0) is 11.5. The second kappa shape index (κ2) is 5.11. The number of rotatable bonds is 5. The fraction of sp³-hybridized carbons (Fsp3) is 0.923. The smallest absolute Gasteiger partial charge is 0.149 e. The van der Waals surface area contributed by atoms with Crippen molar-refractivity contribution in [2.45, 2.75) is 65.3 Å². The first-order chi connectivity index (χ1) is 6.97. The summed E-state index contributed by atoms with van der Waals surface area (Å²) in [6.45, 7) is 6.43. The summed E-state index contributed by atoms with van der Waals surface area (Å²) in [4.78, 5) is 11.5. The van der Waals surface area contributed by atoms with Crippen LogP contribution in [0.15, 0.2) is 0 Å². The average Bonchev–Trinajstić information content (AvgIpc) is 2.69. The van der Waals surface area contributed by atoms with E-state index in [1.54, 1.807) is 0 Å². The van der Waals surface area contributed by atoms with Gasteiger partial charge in [-0.25, -0.2) is 0 Å². The predicted molar refractivity (Wildman–Crippen MR) is 63.6 cm³/mol. The van der Waals surface area contributed by atoms with Crippen LogP contribution in [0.3, 0.4) is 0 Å². The van der Waals surface area contributed by atoms with Crippen molar-refractivity contribution in [3.8, 4) is 0 Å². The molecule has 1 rings (SSSR count). The van der Waals surface area contributed by atoms with Crippen LogP contribution in [0.1, 0.15) is 59.3 Å². The first-order valence-electron chi connectivity index (χ1n) is 6.25. The molecule has 0 aliphatic heterocycles. The largest absolute Gasteiger partial charge is 0.321 e. The zero-order valence-corrected chi connectivity index (χ0v) is 10.4. The fourth-order valence-electron chi connectivity index (χ4n) is 2.82. The summed E-state index contributed by atoms with van der Waals surface area (Å²) < 4.78 is 0. The summed E-state index contributed by atoms with van der Waals surface area (Å²) in [5.74, 6) is 0.981. The maximum atomic E-state index is 11.5. The van der Waals surface area contributed by atoms with Crippen molar-refractivity contribution in [1.29, 1.82) is 0 Å². The van der Waals surface area contributed by atoms with Crippen LogP contribution in [0.2, 0.25) is 0 Å². The molecule has 0 aromatic rings. The minimum atomic E-state index is -0.245. The van der Waals surface area contributed by atoms with E-state index in [-0.39, 0.29) is 17.2 Å². The van der Waals surface area contributed by atoms with Crippen LogP contribution in [-0.2, 0) is 4.79 Å². The molecule has 15 heavy (non-hydrogen) atoms. The molecule has 2 N–H and O–H groups in total. The predicted octanol–water partition coefficient (Wildman–Crippen LogP) is 2.90. The van der Waals surface area contributed by atoms with Gasteiger partial charge in [0.1, 0.15) is 5.78 Å². The molecule has 1 unspecified atom stereocenters. The molecule has 1 atom stereocenters. The molecule has 1 aliphatic rings. The van der Waals surface area contributed by atoms with Crippen molar-refractivity contribution in [1.82, 2.24) is 0 Å². The lowest BCUT2D eigenvalue weighted by atomic mass is 9.73. The first kappa shape index (κ1) is 12.7. The molecule has 1 aliphatic carbocycles. The van der Waals surface area contributed by atoms with Crippen LogP contribution in [0.25, 0.3) is 0 Å². The Balaban J connectivity index is 2.50. The van der Waals surface area contributed by atoms with Gasteiger partial charge in [0, 0.05) is 6.42 Å². The third kappa shape index (κ3) is 3.30. The van der Waals surface area contributed by atoms with Crippen LogP contribution in [0.4, 0.5) is 0 Å². The van der Waals surface area contributed by atoms with E-state index in [1.807, 2.05) is 6.92 Å². The summed E-state index contributed by atoms with van der Waals surface area (Å²) in [6.07, 6.45) is 6.77. The first-order valence-corrected chi connectivity index (χ1v) is 6.25. The van der Waals surface area contributed by atoms with Crippen LogP contribution in [-0.4, -0.2) is 11.8 Å². The van der Waals surface area contributed by atoms with Crippen molar-refractivity contribution in [3.05, 3.63) is 0 Å². The monoisotopic (exact) mass is 211 g/mol. The molecule has 88 valence electrons. The number of hydrogen-bond donors (Lipinski definition) is 1. The van der Waals surface area contributed by atoms with Gasteiger partial charge in [-0.05, 0) is 30.6 Å². The Labute approximate surface area is 93.6 Å². The molecular weight excluding hydrogens is 186 g/mol. The molecule has 0 aromatic carbocycles. The van der Waals surface area contributed by atoms with E-state index >= 15 is 0 Å². The molecule has 0 amide bonds. The lowest BCUT2D eigenvalue weighted by Gasteiger charge is -2.33. The molecule has 0 aromatic heterocycles. The highest BCUT2D eigenvalue weighted by molar-refractivity contribution is 5.83. The minimum absolute atomic E-state index is 0.209. The van der Waals surface area contributed by atoms with Gasteiger partial charge in [-0.15, -0.1) is 0 Å². The Hall–Kier alpha value is -0.370. The van der Waals surface area contributed by atoms with Crippen LogP contribution >= 0.6 is 0 Å². The van der Waals surface area contributed by atoms with Crippen molar-refractivity contribution in [2.24, 2.45) is 17.1 Å². The van der Waals surface area contributed by atoms with E-state index in [9.17, 15) is 4.79 Å². The lowest BCUT2D eigenvalue weighted by Crippen LogP contribution is -2.37. The average molecular weight is 211 g/mol. The normalized spacial score (nSPS) is 20.5. The van der Waals surface area contributed by atoms with Crippen LogP contribution < -0.4 is 5.73 Å². The molecule has 1 fully saturated rings. The fourth-order valence-corrected chi connectivity index (χ4v) is 2.82. The van der Waals surface area contributed by atoms with Gasteiger partial charge in [-0.2, -0.15) is 0 Å². The summed E-state index contributed by atoms with van der Waals surface area (Å²) in [5, 5.41) is 0. The number of Topliss-reactive ketones (excluding diaryl/α,β-unsaturated/α-hetero) is 1. The van der Waals surface area contributed by atoms with E-state index in [0.29, 0.717) is 6.42 Å². The van der Waals surface area contributed by atoms with Crippen molar-refractivity contribution >= 4 is 5.78 Å². The molecule has 2 nitrogen and oxygen atoms in total. The van der Waals surface area contributed by atoms with Crippen molar-refractivity contribution in [2.75, 3.05) is 0 Å². The van der Waals surface area contributed by atoms with Crippen molar-refractivity contribution in [3.63, 3.8) is 0 Å². The molecule has 0 saturated heterocycles. The van der Waals surface area contributed by atoms with E-state index in [1.165, 1.54) is 25.7 Å². The van der Waals surface area contributed by atoms with E-state index in [4.69, 9.17) is 5.73 Å².